The zero-order valence-corrected chi connectivity index (χ0v) is 12.0. The third kappa shape index (κ3) is 3.09. The molecule has 21 heavy (non-hydrogen) atoms. The fourth-order valence-electron chi connectivity index (χ4n) is 2.83. The van der Waals surface area contributed by atoms with E-state index in [1.807, 2.05) is 24.3 Å². The van der Waals surface area contributed by atoms with E-state index < -0.39 is 5.91 Å². The van der Waals surface area contributed by atoms with Gasteiger partial charge < -0.3 is 14.9 Å². The fraction of sp³-hybridized carbons (Fsp3) is 0.438. The molecule has 1 saturated heterocycles. The highest BCUT2D eigenvalue weighted by Crippen LogP contribution is 2.26. The van der Waals surface area contributed by atoms with Crippen LogP contribution in [0.1, 0.15) is 22.5 Å². The molecule has 1 amide bonds. The van der Waals surface area contributed by atoms with Crippen LogP contribution in [0.25, 0.3) is 11.0 Å². The Kier molecular flexibility index (Phi) is 4.22. The Morgan fingerprint density at radius 2 is 2.00 bits per heavy atom. The zero-order chi connectivity index (χ0) is 14.7. The van der Waals surface area contributed by atoms with Crippen LogP contribution in [0.4, 0.5) is 0 Å². The largest absolute Gasteiger partial charge is 0.460 e. The summed E-state index contributed by atoms with van der Waals surface area (Å²) in [7, 11) is 0. The SMILES string of the molecule is NC(=O)c1c(CCCN2CCOCC2)oc2ccccc12. The smallest absolute Gasteiger partial charge is 0.252 e. The van der Waals surface area contributed by atoms with Crippen LogP contribution in [0.3, 0.4) is 0 Å². The molecule has 1 aromatic carbocycles. The number of aryl methyl sites for hydroxylation is 1. The third-order valence-corrected chi connectivity index (χ3v) is 3.90. The molecule has 0 unspecified atom stereocenters. The minimum absolute atomic E-state index is 0.415. The lowest BCUT2D eigenvalue weighted by molar-refractivity contribution is 0.0373. The maximum atomic E-state index is 11.7. The van der Waals surface area contributed by atoms with Crippen LogP contribution >= 0.6 is 0 Å². The number of carbonyl (C=O) groups excluding carboxylic acids is 1. The molecule has 0 radical (unpaired) electrons. The maximum absolute atomic E-state index is 11.7. The number of para-hydroxylation sites is 1. The molecule has 1 aliphatic heterocycles. The van der Waals surface area contributed by atoms with E-state index >= 15 is 0 Å². The van der Waals surface area contributed by atoms with Crippen LogP contribution in [0.5, 0.6) is 0 Å². The van der Waals surface area contributed by atoms with Crippen molar-refractivity contribution in [3.8, 4) is 0 Å². The average Bonchev–Trinajstić information content (AvgIpc) is 2.86. The summed E-state index contributed by atoms with van der Waals surface area (Å²) in [5.41, 5.74) is 6.78. The van der Waals surface area contributed by atoms with Crippen molar-refractivity contribution >= 4 is 16.9 Å². The van der Waals surface area contributed by atoms with Crippen LogP contribution in [0.2, 0.25) is 0 Å². The van der Waals surface area contributed by atoms with Crippen molar-refractivity contribution < 1.29 is 13.9 Å². The Bertz CT molecular complexity index is 629. The van der Waals surface area contributed by atoms with E-state index in [1.54, 1.807) is 0 Å². The van der Waals surface area contributed by atoms with Crippen molar-refractivity contribution in [2.24, 2.45) is 5.73 Å². The molecule has 1 aliphatic rings. The number of morpholine rings is 1. The molecule has 2 heterocycles. The Labute approximate surface area is 123 Å². The standard InChI is InChI=1S/C16H20N2O3/c17-16(19)15-12-4-1-2-5-13(12)21-14(15)6-3-7-18-8-10-20-11-9-18/h1-2,4-5H,3,6-11H2,(H2,17,19). The van der Waals surface area contributed by atoms with E-state index in [4.69, 9.17) is 14.9 Å². The van der Waals surface area contributed by atoms with E-state index in [2.05, 4.69) is 4.90 Å². The van der Waals surface area contributed by atoms with Crippen LogP contribution in [-0.4, -0.2) is 43.7 Å². The lowest BCUT2D eigenvalue weighted by Crippen LogP contribution is -2.37. The molecule has 5 nitrogen and oxygen atoms in total. The predicted molar refractivity (Wildman–Crippen MR) is 80.3 cm³/mol. The molecule has 0 bridgehead atoms. The van der Waals surface area contributed by atoms with Crippen LogP contribution in [-0.2, 0) is 11.2 Å². The summed E-state index contributed by atoms with van der Waals surface area (Å²) >= 11 is 0. The van der Waals surface area contributed by atoms with Gasteiger partial charge in [-0.25, -0.2) is 0 Å². The van der Waals surface area contributed by atoms with Crippen LogP contribution < -0.4 is 5.73 Å². The topological polar surface area (TPSA) is 68.7 Å². The molecule has 3 rings (SSSR count). The van der Waals surface area contributed by atoms with Crippen molar-refractivity contribution in [3.05, 3.63) is 35.6 Å². The molecule has 0 spiro atoms. The molecular formula is C16H20N2O3. The monoisotopic (exact) mass is 288 g/mol. The third-order valence-electron chi connectivity index (χ3n) is 3.90. The van der Waals surface area contributed by atoms with Crippen molar-refractivity contribution in [3.63, 3.8) is 0 Å². The van der Waals surface area contributed by atoms with Gasteiger partial charge in [0.15, 0.2) is 0 Å². The van der Waals surface area contributed by atoms with Gasteiger partial charge in [0.05, 0.1) is 18.8 Å². The number of primary amides is 1. The Morgan fingerprint density at radius 3 is 2.76 bits per heavy atom. The second-order valence-corrected chi connectivity index (χ2v) is 5.32. The number of nitrogens with zero attached hydrogens (tertiary/aromatic N) is 1. The van der Waals surface area contributed by atoms with Gasteiger partial charge in [0, 0.05) is 24.9 Å². The van der Waals surface area contributed by atoms with Gasteiger partial charge in [-0.15, -0.1) is 0 Å². The lowest BCUT2D eigenvalue weighted by Gasteiger charge is -2.26. The summed E-state index contributed by atoms with van der Waals surface area (Å²) in [5.74, 6) is 0.290. The number of nitrogens with two attached hydrogens (primary N) is 1. The van der Waals surface area contributed by atoms with Crippen LogP contribution in [0.15, 0.2) is 28.7 Å². The molecule has 2 aromatic rings. The first-order valence-corrected chi connectivity index (χ1v) is 7.36. The van der Waals surface area contributed by atoms with Gasteiger partial charge in [-0.05, 0) is 19.0 Å². The summed E-state index contributed by atoms with van der Waals surface area (Å²) in [6.45, 7) is 4.54. The van der Waals surface area contributed by atoms with Gasteiger partial charge in [-0.2, -0.15) is 0 Å². The van der Waals surface area contributed by atoms with E-state index in [9.17, 15) is 4.79 Å². The van der Waals surface area contributed by atoms with Crippen molar-refractivity contribution in [1.82, 2.24) is 4.90 Å². The number of hydrogen-bond donors (Lipinski definition) is 1. The highest BCUT2D eigenvalue weighted by Gasteiger charge is 2.18. The minimum atomic E-state index is -0.415. The molecular weight excluding hydrogens is 268 g/mol. The number of benzene rings is 1. The minimum Gasteiger partial charge on any atom is -0.460 e. The van der Waals surface area contributed by atoms with Gasteiger partial charge in [-0.3, -0.25) is 9.69 Å². The van der Waals surface area contributed by atoms with Gasteiger partial charge in [0.1, 0.15) is 11.3 Å². The number of rotatable bonds is 5. The molecule has 0 saturated carbocycles. The first-order valence-electron chi connectivity index (χ1n) is 7.36. The van der Waals surface area contributed by atoms with E-state index in [1.165, 1.54) is 0 Å². The van der Waals surface area contributed by atoms with Gasteiger partial charge in [-0.1, -0.05) is 18.2 Å². The summed E-state index contributed by atoms with van der Waals surface area (Å²) in [4.78, 5) is 14.1. The molecule has 0 atom stereocenters. The van der Waals surface area contributed by atoms with Crippen molar-refractivity contribution in [1.29, 1.82) is 0 Å². The van der Waals surface area contributed by atoms with Crippen LogP contribution in [0, 0.1) is 0 Å². The maximum Gasteiger partial charge on any atom is 0.252 e. The average molecular weight is 288 g/mol. The number of hydrogen-bond acceptors (Lipinski definition) is 4. The molecule has 1 aromatic heterocycles. The normalized spacial score (nSPS) is 16.4. The molecule has 0 aliphatic carbocycles. The van der Waals surface area contributed by atoms with Crippen molar-refractivity contribution in [2.45, 2.75) is 12.8 Å². The molecule has 5 heteroatoms. The molecule has 2 N–H and O–H groups in total. The number of furan rings is 1. The summed E-state index contributed by atoms with van der Waals surface area (Å²) in [5, 5.41) is 0.811. The Hall–Kier alpha value is -1.85. The first-order chi connectivity index (χ1) is 10.3. The second-order valence-electron chi connectivity index (χ2n) is 5.32. The van der Waals surface area contributed by atoms with Gasteiger partial charge in [0.25, 0.3) is 5.91 Å². The van der Waals surface area contributed by atoms with E-state index in [-0.39, 0.29) is 0 Å². The second kappa shape index (κ2) is 6.28. The molecule has 1 fully saturated rings. The zero-order valence-electron chi connectivity index (χ0n) is 12.0. The highest BCUT2D eigenvalue weighted by atomic mass is 16.5. The van der Waals surface area contributed by atoms with Gasteiger partial charge in [0.2, 0.25) is 0 Å². The quantitative estimate of drug-likeness (QED) is 0.911. The predicted octanol–water partition coefficient (Wildman–Crippen LogP) is 1.80. The number of fused-ring (bicyclic) bond motifs is 1. The van der Waals surface area contributed by atoms with Crippen molar-refractivity contribution in [2.75, 3.05) is 32.8 Å². The van der Waals surface area contributed by atoms with E-state index in [0.717, 1.165) is 56.7 Å². The Morgan fingerprint density at radius 1 is 1.24 bits per heavy atom. The highest BCUT2D eigenvalue weighted by molar-refractivity contribution is 6.06. The number of ether oxygens (including phenoxy) is 1. The fourth-order valence-corrected chi connectivity index (χ4v) is 2.83. The first kappa shape index (κ1) is 14.1. The molecule has 112 valence electrons. The van der Waals surface area contributed by atoms with E-state index in [0.29, 0.717) is 11.3 Å². The number of amides is 1. The Balaban J connectivity index is 1.71. The summed E-state index contributed by atoms with van der Waals surface area (Å²) in [6, 6.07) is 7.54. The van der Waals surface area contributed by atoms with Gasteiger partial charge >= 0.3 is 0 Å². The summed E-state index contributed by atoms with van der Waals surface area (Å²) in [6.07, 6.45) is 1.67. The number of carbonyl (C=O) groups is 1. The summed E-state index contributed by atoms with van der Waals surface area (Å²) < 4.78 is 11.1. The lowest BCUT2D eigenvalue weighted by atomic mass is 10.1.